The Bertz CT molecular complexity index is 877. The second kappa shape index (κ2) is 7.14. The molecule has 0 saturated heterocycles. The lowest BCUT2D eigenvalue weighted by Crippen LogP contribution is -2.09. The summed E-state index contributed by atoms with van der Waals surface area (Å²) in [4.78, 5) is 12.2. The second-order valence-electron chi connectivity index (χ2n) is 5.97. The largest absolute Gasteiger partial charge is 0.460 e. The summed E-state index contributed by atoms with van der Waals surface area (Å²) in [6, 6.07) is 24.3. The Morgan fingerprint density at radius 3 is 2.21 bits per heavy atom. The molecule has 0 aromatic heterocycles. The fraction of sp³-hybridized carbons (Fsp3) is 0.136. The molecule has 3 aromatic rings. The Kier molecular flexibility index (Phi) is 4.76. The molecule has 24 heavy (non-hydrogen) atoms. The molecule has 3 rings (SSSR count). The van der Waals surface area contributed by atoms with Crippen LogP contribution >= 0.6 is 0 Å². The second-order valence-corrected chi connectivity index (χ2v) is 5.97. The van der Waals surface area contributed by atoms with Gasteiger partial charge in [0.2, 0.25) is 0 Å². The molecule has 0 fully saturated rings. The summed E-state index contributed by atoms with van der Waals surface area (Å²) in [6.07, 6.45) is 1.45. The highest BCUT2D eigenvalue weighted by Crippen LogP contribution is 2.26. The Labute approximate surface area is 142 Å². The number of hydrogen-bond donors (Lipinski definition) is 0. The van der Waals surface area contributed by atoms with Crippen LogP contribution in [0.3, 0.4) is 0 Å². The van der Waals surface area contributed by atoms with Crippen LogP contribution in [-0.4, -0.2) is 12.1 Å². The molecule has 2 heteroatoms. The minimum atomic E-state index is -0.322. The first-order valence-electron chi connectivity index (χ1n) is 8.10. The maximum atomic E-state index is 12.2. The van der Waals surface area contributed by atoms with Crippen LogP contribution in [0.2, 0.25) is 0 Å². The monoisotopic (exact) mass is 316 g/mol. The van der Waals surface area contributed by atoms with Crippen LogP contribution in [0.15, 0.2) is 78.9 Å². The van der Waals surface area contributed by atoms with Crippen molar-refractivity contribution in [3.63, 3.8) is 0 Å². The fourth-order valence-corrected chi connectivity index (χ4v) is 2.69. The van der Waals surface area contributed by atoms with Crippen LogP contribution in [-0.2, 0) is 9.53 Å². The summed E-state index contributed by atoms with van der Waals surface area (Å²) in [6.45, 7) is 3.70. The third-order valence-corrected chi connectivity index (χ3v) is 3.76. The van der Waals surface area contributed by atoms with Crippen molar-refractivity contribution in [2.45, 2.75) is 20.0 Å². The number of fused-ring (bicyclic) bond motifs is 1. The first kappa shape index (κ1) is 16.0. The zero-order valence-electron chi connectivity index (χ0n) is 13.9. The summed E-state index contributed by atoms with van der Waals surface area (Å²) in [5.41, 5.74) is 2.86. The van der Waals surface area contributed by atoms with Crippen molar-refractivity contribution in [3.8, 4) is 0 Å². The predicted molar refractivity (Wildman–Crippen MR) is 98.7 cm³/mol. The number of rotatable bonds is 4. The van der Waals surface area contributed by atoms with E-state index in [1.807, 2.05) is 62.4 Å². The van der Waals surface area contributed by atoms with E-state index >= 15 is 0 Å². The van der Waals surface area contributed by atoms with Crippen molar-refractivity contribution in [1.29, 1.82) is 0 Å². The predicted octanol–water partition coefficient (Wildman–Crippen LogP) is 5.22. The highest BCUT2D eigenvalue weighted by molar-refractivity contribution is 5.98. The van der Waals surface area contributed by atoms with E-state index in [2.05, 4.69) is 24.3 Å². The van der Waals surface area contributed by atoms with E-state index in [0.717, 1.165) is 22.1 Å². The normalized spacial score (nSPS) is 11.7. The van der Waals surface area contributed by atoms with Gasteiger partial charge in [0.05, 0.1) is 6.10 Å². The molecular formula is C22H20O2. The van der Waals surface area contributed by atoms with Crippen molar-refractivity contribution in [2.75, 3.05) is 0 Å². The average Bonchev–Trinajstić information content (AvgIpc) is 2.59. The molecule has 0 spiro atoms. The topological polar surface area (TPSA) is 26.3 Å². The van der Waals surface area contributed by atoms with Crippen molar-refractivity contribution in [2.24, 2.45) is 0 Å². The van der Waals surface area contributed by atoms with Gasteiger partial charge in [0.15, 0.2) is 0 Å². The molecule has 0 N–H and O–H groups in total. The molecule has 0 aliphatic rings. The molecule has 0 heterocycles. The van der Waals surface area contributed by atoms with Gasteiger partial charge in [-0.3, -0.25) is 0 Å². The average molecular weight is 316 g/mol. The molecule has 0 saturated carbocycles. The molecular weight excluding hydrogens is 296 g/mol. The minimum absolute atomic E-state index is 0.137. The van der Waals surface area contributed by atoms with Gasteiger partial charge in [0.1, 0.15) is 0 Å². The molecule has 0 bridgehead atoms. The van der Waals surface area contributed by atoms with E-state index in [-0.39, 0.29) is 12.1 Å². The summed E-state index contributed by atoms with van der Waals surface area (Å²) < 4.78 is 5.30. The summed E-state index contributed by atoms with van der Waals surface area (Å²) in [7, 11) is 0. The van der Waals surface area contributed by atoms with Gasteiger partial charge in [-0.15, -0.1) is 0 Å². The first-order valence-corrected chi connectivity index (χ1v) is 8.10. The van der Waals surface area contributed by atoms with Crippen molar-refractivity contribution < 1.29 is 9.53 Å². The van der Waals surface area contributed by atoms with E-state index in [9.17, 15) is 4.79 Å². The van der Waals surface area contributed by atoms with Crippen LogP contribution < -0.4 is 0 Å². The smallest absolute Gasteiger partial charge is 0.331 e. The molecule has 0 unspecified atom stereocenters. The van der Waals surface area contributed by atoms with E-state index in [1.165, 1.54) is 5.39 Å². The molecule has 0 atom stereocenters. The number of benzene rings is 3. The van der Waals surface area contributed by atoms with Crippen molar-refractivity contribution in [1.82, 2.24) is 0 Å². The summed E-state index contributed by atoms with van der Waals surface area (Å²) in [5.74, 6) is -0.322. The Morgan fingerprint density at radius 1 is 0.833 bits per heavy atom. The zero-order chi connectivity index (χ0) is 16.9. The summed E-state index contributed by atoms with van der Waals surface area (Å²) in [5, 5.41) is 2.33. The zero-order valence-corrected chi connectivity index (χ0v) is 13.9. The number of carbonyl (C=O) groups is 1. The maximum absolute atomic E-state index is 12.2. The lowest BCUT2D eigenvalue weighted by atomic mass is 9.95. The van der Waals surface area contributed by atoms with Gasteiger partial charge >= 0.3 is 5.97 Å². The number of esters is 1. The van der Waals surface area contributed by atoms with Crippen LogP contribution in [0.4, 0.5) is 0 Å². The number of ether oxygens (including phenoxy) is 1. The van der Waals surface area contributed by atoms with Gasteiger partial charge in [0.25, 0.3) is 0 Å². The molecule has 0 amide bonds. The molecule has 2 nitrogen and oxygen atoms in total. The molecule has 0 aliphatic heterocycles. The van der Waals surface area contributed by atoms with Crippen LogP contribution in [0.1, 0.15) is 25.0 Å². The van der Waals surface area contributed by atoms with E-state index < -0.39 is 0 Å². The van der Waals surface area contributed by atoms with Gasteiger partial charge in [0, 0.05) is 6.08 Å². The van der Waals surface area contributed by atoms with Crippen LogP contribution in [0, 0.1) is 0 Å². The van der Waals surface area contributed by atoms with Crippen LogP contribution in [0.5, 0.6) is 0 Å². The SMILES string of the molecule is CC(C)OC(=O)/C=C(\c1ccccc1)c1ccc2ccccc2c1. The Hall–Kier alpha value is -2.87. The molecule has 120 valence electrons. The Balaban J connectivity index is 2.09. The quantitative estimate of drug-likeness (QED) is 0.487. The summed E-state index contributed by atoms with van der Waals surface area (Å²) >= 11 is 0. The first-order chi connectivity index (χ1) is 11.6. The van der Waals surface area contributed by atoms with E-state index in [0.29, 0.717) is 0 Å². The van der Waals surface area contributed by atoms with Crippen molar-refractivity contribution >= 4 is 22.3 Å². The molecule has 3 aromatic carbocycles. The standard InChI is InChI=1S/C22H20O2/c1-16(2)24-22(23)15-21(18-9-4-3-5-10-18)20-13-12-17-8-6-7-11-19(17)14-20/h3-16H,1-2H3/b21-15+. The van der Waals surface area contributed by atoms with Gasteiger partial charge in [-0.1, -0.05) is 66.7 Å². The van der Waals surface area contributed by atoms with E-state index in [1.54, 1.807) is 6.08 Å². The third kappa shape index (κ3) is 3.72. The van der Waals surface area contributed by atoms with Gasteiger partial charge in [-0.05, 0) is 47.4 Å². The number of hydrogen-bond acceptors (Lipinski definition) is 2. The third-order valence-electron chi connectivity index (χ3n) is 3.76. The fourth-order valence-electron chi connectivity index (χ4n) is 2.69. The molecule has 0 radical (unpaired) electrons. The van der Waals surface area contributed by atoms with Gasteiger partial charge < -0.3 is 4.74 Å². The number of carbonyl (C=O) groups excluding carboxylic acids is 1. The lowest BCUT2D eigenvalue weighted by molar-refractivity contribution is -0.141. The van der Waals surface area contributed by atoms with E-state index in [4.69, 9.17) is 4.74 Å². The van der Waals surface area contributed by atoms with Gasteiger partial charge in [-0.25, -0.2) is 4.79 Å². The highest BCUT2D eigenvalue weighted by atomic mass is 16.5. The van der Waals surface area contributed by atoms with Crippen LogP contribution in [0.25, 0.3) is 16.3 Å². The maximum Gasteiger partial charge on any atom is 0.331 e. The Morgan fingerprint density at radius 2 is 1.50 bits per heavy atom. The highest BCUT2D eigenvalue weighted by Gasteiger charge is 2.10. The van der Waals surface area contributed by atoms with Crippen molar-refractivity contribution in [3.05, 3.63) is 90.0 Å². The minimum Gasteiger partial charge on any atom is -0.460 e. The van der Waals surface area contributed by atoms with Gasteiger partial charge in [-0.2, -0.15) is 0 Å². The molecule has 0 aliphatic carbocycles. The lowest BCUT2D eigenvalue weighted by Gasteiger charge is -2.11.